The Morgan fingerprint density at radius 3 is 0.988 bits per heavy atom. The molecule has 0 N–H and O–H groups in total. The molecule has 7 nitrogen and oxygen atoms in total. The van der Waals surface area contributed by atoms with E-state index in [9.17, 15) is 0 Å². The maximum Gasteiger partial charge on any atom is 0.497 e. The molecule has 0 bridgehead atoms. The summed E-state index contributed by atoms with van der Waals surface area (Å²) in [6, 6.07) is 96.6. The topological polar surface area (TPSA) is 82.9 Å². The SMILES string of the molecule is CC1(C)OB(c2cccc3c2nc(-c2ccccc2)c2cccc(-c4ccccc4)c23)OC1(C)C.c1ccc(-c2nc(-c3ccccc3)nc(-c3ccc(-c4cccc5c4nc(-c4ccccc4)c4cccc(-c6ccccc6)c45)cc3)n2)cc1. The molecule has 0 aliphatic carbocycles. The van der Waals surface area contributed by atoms with E-state index in [1.54, 1.807) is 0 Å². The number of fused-ring (bicyclic) bond motifs is 6. The number of benzene rings is 11. The highest BCUT2D eigenvalue weighted by atomic mass is 16.7. The molecule has 3 aromatic heterocycles. The summed E-state index contributed by atoms with van der Waals surface area (Å²) in [5.41, 5.74) is 15.8. The minimum atomic E-state index is -0.485. The molecule has 15 rings (SSSR count). The molecule has 0 unspecified atom stereocenters. The molecule has 1 fully saturated rings. The van der Waals surface area contributed by atoms with Crippen molar-refractivity contribution in [1.82, 2.24) is 24.9 Å². The van der Waals surface area contributed by atoms with Crippen molar-refractivity contribution >= 4 is 55.9 Å². The molecule has 406 valence electrons. The Labute approximate surface area is 495 Å². The first-order valence-corrected chi connectivity index (χ1v) is 28.9. The van der Waals surface area contributed by atoms with Gasteiger partial charge in [-0.3, -0.25) is 0 Å². The van der Waals surface area contributed by atoms with Gasteiger partial charge in [-0.25, -0.2) is 24.9 Å². The van der Waals surface area contributed by atoms with Crippen molar-refractivity contribution in [3.05, 3.63) is 279 Å². The zero-order valence-electron chi connectivity index (χ0n) is 47.7. The van der Waals surface area contributed by atoms with E-state index in [4.69, 9.17) is 34.2 Å². The summed E-state index contributed by atoms with van der Waals surface area (Å²) in [6.45, 7) is 8.35. The number of pyridine rings is 2. The Bertz CT molecular complexity index is 4670. The Morgan fingerprint density at radius 1 is 0.259 bits per heavy atom. The molecule has 0 atom stereocenters. The Balaban J connectivity index is 0.000000161. The van der Waals surface area contributed by atoms with E-state index in [0.717, 1.165) is 88.4 Å². The standard InChI is InChI=1S/C46H30N4.C31H28BNO2/c1-5-15-31(16-6-1)37-23-13-25-39-41(37)40-26-14-24-38(43(40)47-42(39)33-17-7-2-8-18-33)32-27-29-36(30-28-32)46-49-44(34-19-9-3-10-20-34)48-45(50-46)35-21-11-4-12-22-35;1-30(2)31(3,4)35-32(34-30)26-20-12-19-25-27-23(21-13-7-5-8-14-21)17-11-18-24(27)28(33-29(25)26)22-15-9-6-10-16-22/h1-30H;5-20H,1-4H3. The van der Waals surface area contributed by atoms with Crippen LogP contribution in [0.1, 0.15) is 27.7 Å². The van der Waals surface area contributed by atoms with Crippen molar-refractivity contribution in [2.75, 3.05) is 0 Å². The molecule has 0 radical (unpaired) electrons. The van der Waals surface area contributed by atoms with Gasteiger partial charge in [0.1, 0.15) is 0 Å². The van der Waals surface area contributed by atoms with E-state index in [0.29, 0.717) is 17.5 Å². The van der Waals surface area contributed by atoms with E-state index < -0.39 is 18.3 Å². The summed E-state index contributed by atoms with van der Waals surface area (Å²) < 4.78 is 12.9. The molecule has 8 heteroatoms. The summed E-state index contributed by atoms with van der Waals surface area (Å²) in [7, 11) is -0.485. The van der Waals surface area contributed by atoms with Gasteiger partial charge in [0.25, 0.3) is 0 Å². The highest BCUT2D eigenvalue weighted by Crippen LogP contribution is 2.43. The molecule has 1 saturated heterocycles. The fourth-order valence-electron chi connectivity index (χ4n) is 11.7. The van der Waals surface area contributed by atoms with Gasteiger partial charge < -0.3 is 9.31 Å². The summed E-state index contributed by atoms with van der Waals surface area (Å²) in [5, 5.41) is 6.89. The van der Waals surface area contributed by atoms with Gasteiger partial charge in [-0.05, 0) is 55.5 Å². The van der Waals surface area contributed by atoms with Crippen LogP contribution in [0.15, 0.2) is 279 Å². The fourth-order valence-corrected chi connectivity index (χ4v) is 11.7. The van der Waals surface area contributed by atoms with Gasteiger partial charge in [-0.1, -0.05) is 279 Å². The maximum absolute atomic E-state index is 6.47. The van der Waals surface area contributed by atoms with Gasteiger partial charge in [0.15, 0.2) is 17.5 Å². The lowest BCUT2D eigenvalue weighted by atomic mass is 9.76. The lowest BCUT2D eigenvalue weighted by Crippen LogP contribution is -2.41. The second-order valence-electron chi connectivity index (χ2n) is 22.5. The number of hydrogen-bond acceptors (Lipinski definition) is 7. The molecule has 0 saturated carbocycles. The second-order valence-corrected chi connectivity index (χ2v) is 22.5. The Kier molecular flexibility index (Phi) is 13.8. The van der Waals surface area contributed by atoms with Crippen LogP contribution in [-0.2, 0) is 9.31 Å². The van der Waals surface area contributed by atoms with Crippen LogP contribution in [0.25, 0.3) is 133 Å². The normalized spacial score (nSPS) is 13.5. The van der Waals surface area contributed by atoms with E-state index in [2.05, 4.69) is 234 Å². The molecular formula is C77H58BN5O2. The van der Waals surface area contributed by atoms with Crippen molar-refractivity contribution in [2.24, 2.45) is 0 Å². The average Bonchev–Trinajstić information content (AvgIpc) is 1.72. The van der Waals surface area contributed by atoms with E-state index in [-0.39, 0.29) is 0 Å². The molecule has 14 aromatic rings. The Morgan fingerprint density at radius 2 is 0.565 bits per heavy atom. The molecule has 11 aromatic carbocycles. The maximum atomic E-state index is 6.47. The minimum absolute atomic E-state index is 0.422. The average molecular weight is 1100 g/mol. The van der Waals surface area contributed by atoms with Crippen LogP contribution in [0.3, 0.4) is 0 Å². The van der Waals surface area contributed by atoms with Crippen molar-refractivity contribution in [3.63, 3.8) is 0 Å². The van der Waals surface area contributed by atoms with E-state index >= 15 is 0 Å². The van der Waals surface area contributed by atoms with Crippen LogP contribution in [-0.4, -0.2) is 43.2 Å². The Hall–Kier alpha value is -10.2. The van der Waals surface area contributed by atoms with Gasteiger partial charge in [0.2, 0.25) is 0 Å². The molecule has 85 heavy (non-hydrogen) atoms. The second kappa shape index (κ2) is 22.2. The summed E-state index contributed by atoms with van der Waals surface area (Å²) in [5.74, 6) is 1.92. The van der Waals surface area contributed by atoms with Crippen LogP contribution in [0.4, 0.5) is 0 Å². The number of rotatable bonds is 9. The smallest absolute Gasteiger partial charge is 0.399 e. The monoisotopic (exact) mass is 1100 g/mol. The fraction of sp³-hybridized carbons (Fsp3) is 0.0779. The number of nitrogens with zero attached hydrogens (tertiary/aromatic N) is 5. The van der Waals surface area contributed by atoms with Gasteiger partial charge in [0, 0.05) is 71.2 Å². The quantitative estimate of drug-likeness (QED) is 0.105. The molecule has 0 amide bonds. The van der Waals surface area contributed by atoms with E-state index in [1.807, 2.05) is 72.8 Å². The van der Waals surface area contributed by atoms with Gasteiger partial charge in [0.05, 0.1) is 33.6 Å². The number of aromatic nitrogens is 5. The highest BCUT2D eigenvalue weighted by molar-refractivity contribution is 6.65. The predicted molar refractivity (Wildman–Crippen MR) is 351 cm³/mol. The lowest BCUT2D eigenvalue weighted by molar-refractivity contribution is 0.00578. The molecule has 0 spiro atoms. The summed E-state index contributed by atoms with van der Waals surface area (Å²) >= 11 is 0. The van der Waals surface area contributed by atoms with Crippen molar-refractivity contribution < 1.29 is 9.31 Å². The van der Waals surface area contributed by atoms with Crippen LogP contribution >= 0.6 is 0 Å². The van der Waals surface area contributed by atoms with Gasteiger partial charge in [-0.2, -0.15) is 0 Å². The first kappa shape index (κ1) is 52.8. The summed E-state index contributed by atoms with van der Waals surface area (Å²) in [6.07, 6.45) is 0. The zero-order valence-corrected chi connectivity index (χ0v) is 47.7. The van der Waals surface area contributed by atoms with Crippen LogP contribution < -0.4 is 5.46 Å². The molecule has 1 aliphatic rings. The van der Waals surface area contributed by atoms with Crippen LogP contribution in [0.2, 0.25) is 0 Å². The lowest BCUT2D eigenvalue weighted by Gasteiger charge is -2.32. The molecule has 1 aliphatic heterocycles. The molecule has 4 heterocycles. The first-order valence-electron chi connectivity index (χ1n) is 28.9. The minimum Gasteiger partial charge on any atom is -0.399 e. The van der Waals surface area contributed by atoms with Gasteiger partial charge in [-0.15, -0.1) is 0 Å². The third kappa shape index (κ3) is 10.0. The van der Waals surface area contributed by atoms with Crippen LogP contribution in [0.5, 0.6) is 0 Å². The van der Waals surface area contributed by atoms with Crippen molar-refractivity contribution in [1.29, 1.82) is 0 Å². The van der Waals surface area contributed by atoms with Gasteiger partial charge >= 0.3 is 7.12 Å². The number of para-hydroxylation sites is 2. The summed E-state index contributed by atoms with van der Waals surface area (Å²) in [4.78, 5) is 25.4. The third-order valence-electron chi connectivity index (χ3n) is 16.7. The molecular weight excluding hydrogens is 1040 g/mol. The largest absolute Gasteiger partial charge is 0.497 e. The first-order chi connectivity index (χ1) is 41.7. The zero-order chi connectivity index (χ0) is 57.5. The predicted octanol–water partition coefficient (Wildman–Crippen LogP) is 18.6. The van der Waals surface area contributed by atoms with Crippen LogP contribution in [0, 0.1) is 0 Å². The van der Waals surface area contributed by atoms with E-state index in [1.165, 1.54) is 33.0 Å². The van der Waals surface area contributed by atoms with Crippen molar-refractivity contribution in [3.8, 4) is 90.1 Å². The highest BCUT2D eigenvalue weighted by Gasteiger charge is 2.52. The number of hydrogen-bond donors (Lipinski definition) is 0. The third-order valence-corrected chi connectivity index (χ3v) is 16.7. The van der Waals surface area contributed by atoms with Crippen molar-refractivity contribution in [2.45, 2.75) is 38.9 Å².